The molecule has 3 aromatic rings. The molecule has 1 saturated heterocycles. The van der Waals surface area contributed by atoms with E-state index in [9.17, 15) is 4.79 Å². The summed E-state index contributed by atoms with van der Waals surface area (Å²) in [6, 6.07) is 20.2. The topological polar surface area (TPSA) is 54.5 Å². The molecule has 0 saturated carbocycles. The predicted octanol–water partition coefficient (Wildman–Crippen LogP) is 3.70. The van der Waals surface area contributed by atoms with Crippen molar-refractivity contribution in [2.75, 3.05) is 18.0 Å². The highest BCUT2D eigenvalue weighted by atomic mass is 16.5. The Hall–Kier alpha value is -3.08. The summed E-state index contributed by atoms with van der Waals surface area (Å²) in [6.07, 6.45) is 0.164. The number of fused-ring (bicyclic) bond motifs is 1. The van der Waals surface area contributed by atoms with Gasteiger partial charge in [-0.1, -0.05) is 30.3 Å². The van der Waals surface area contributed by atoms with Gasteiger partial charge in [0, 0.05) is 12.3 Å². The van der Waals surface area contributed by atoms with E-state index in [1.165, 1.54) is 6.92 Å². The Morgan fingerprint density at radius 2 is 1.85 bits per heavy atom. The number of para-hydroxylation sites is 1. The Kier molecular flexibility index (Phi) is 4.67. The number of carbonyl (C=O) groups excluding carboxylic acids is 1. The van der Waals surface area contributed by atoms with E-state index in [1.807, 2.05) is 49.4 Å². The average Bonchev–Trinajstić information content (AvgIpc) is 2.64. The van der Waals surface area contributed by atoms with Crippen LogP contribution in [0.4, 0.5) is 5.82 Å². The molecule has 1 amide bonds. The molecule has 138 valence electrons. The fourth-order valence-corrected chi connectivity index (χ4v) is 3.35. The summed E-state index contributed by atoms with van der Waals surface area (Å²) in [5, 5.41) is 4.04. The third-order valence-corrected chi connectivity index (χ3v) is 4.86. The van der Waals surface area contributed by atoms with E-state index in [0.717, 1.165) is 41.1 Å². The standard InChI is InChI=1S/C22H23N3O2/c1-15(23-16(2)26)17-7-10-19(11-8-17)27-20-13-25(14-20)22-12-9-18-5-3-4-6-21(18)24-22/h3-12,15,20H,13-14H2,1-2H3,(H,23,26)/t15-/m0/s1. The summed E-state index contributed by atoms with van der Waals surface area (Å²) in [6.45, 7) is 5.16. The van der Waals surface area contributed by atoms with E-state index in [2.05, 4.69) is 28.4 Å². The van der Waals surface area contributed by atoms with Gasteiger partial charge in [-0.15, -0.1) is 0 Å². The van der Waals surface area contributed by atoms with Gasteiger partial charge in [-0.05, 0) is 42.8 Å². The second-order valence-corrected chi connectivity index (χ2v) is 7.00. The number of hydrogen-bond acceptors (Lipinski definition) is 4. The second kappa shape index (κ2) is 7.27. The number of rotatable bonds is 5. The zero-order valence-corrected chi connectivity index (χ0v) is 15.6. The van der Waals surface area contributed by atoms with Crippen molar-refractivity contribution in [2.45, 2.75) is 26.0 Å². The summed E-state index contributed by atoms with van der Waals surface area (Å²) in [4.78, 5) is 18.1. The van der Waals surface area contributed by atoms with Crippen LogP contribution in [0.2, 0.25) is 0 Å². The molecular weight excluding hydrogens is 338 g/mol. The maximum atomic E-state index is 11.2. The van der Waals surface area contributed by atoms with Crippen LogP contribution in [-0.2, 0) is 4.79 Å². The molecule has 0 radical (unpaired) electrons. The minimum Gasteiger partial charge on any atom is -0.487 e. The molecule has 2 aromatic carbocycles. The number of aromatic nitrogens is 1. The minimum absolute atomic E-state index is 0.00489. The van der Waals surface area contributed by atoms with Gasteiger partial charge in [0.15, 0.2) is 0 Å². The van der Waals surface area contributed by atoms with Crippen LogP contribution >= 0.6 is 0 Å². The van der Waals surface area contributed by atoms with Crippen molar-refractivity contribution in [3.8, 4) is 5.75 Å². The van der Waals surface area contributed by atoms with Crippen LogP contribution in [0.1, 0.15) is 25.5 Å². The van der Waals surface area contributed by atoms with Crippen molar-refractivity contribution in [3.63, 3.8) is 0 Å². The number of ether oxygens (including phenoxy) is 1. The molecule has 0 spiro atoms. The van der Waals surface area contributed by atoms with Crippen LogP contribution in [0.5, 0.6) is 5.75 Å². The maximum absolute atomic E-state index is 11.2. The number of pyridine rings is 1. The zero-order valence-electron chi connectivity index (χ0n) is 15.6. The van der Waals surface area contributed by atoms with Gasteiger partial charge in [-0.2, -0.15) is 0 Å². The lowest BCUT2D eigenvalue weighted by atomic mass is 10.1. The second-order valence-electron chi connectivity index (χ2n) is 7.00. The summed E-state index contributed by atoms with van der Waals surface area (Å²) >= 11 is 0. The first kappa shape index (κ1) is 17.3. The number of anilines is 1. The van der Waals surface area contributed by atoms with E-state index < -0.39 is 0 Å². The summed E-state index contributed by atoms with van der Waals surface area (Å²) in [7, 11) is 0. The Morgan fingerprint density at radius 1 is 1.11 bits per heavy atom. The molecule has 1 aromatic heterocycles. The van der Waals surface area contributed by atoms with Crippen molar-refractivity contribution in [1.82, 2.24) is 10.3 Å². The molecule has 1 N–H and O–H groups in total. The van der Waals surface area contributed by atoms with Gasteiger partial charge in [-0.25, -0.2) is 4.98 Å². The molecule has 0 bridgehead atoms. The summed E-state index contributed by atoms with van der Waals surface area (Å²) in [5.74, 6) is 1.82. The van der Waals surface area contributed by atoms with E-state index in [1.54, 1.807) is 0 Å². The normalized spacial score (nSPS) is 15.3. The van der Waals surface area contributed by atoms with Crippen molar-refractivity contribution in [2.24, 2.45) is 0 Å². The van der Waals surface area contributed by atoms with Gasteiger partial charge in [0.1, 0.15) is 17.7 Å². The molecule has 1 aliphatic rings. The number of hydrogen-bond donors (Lipinski definition) is 1. The van der Waals surface area contributed by atoms with Gasteiger partial charge >= 0.3 is 0 Å². The molecule has 4 rings (SSSR count). The highest BCUT2D eigenvalue weighted by molar-refractivity contribution is 5.80. The molecule has 2 heterocycles. The molecule has 0 aliphatic carbocycles. The van der Waals surface area contributed by atoms with Gasteiger partial charge in [0.25, 0.3) is 0 Å². The fraction of sp³-hybridized carbons (Fsp3) is 0.273. The average molecular weight is 361 g/mol. The largest absolute Gasteiger partial charge is 0.487 e. The van der Waals surface area contributed by atoms with E-state index >= 15 is 0 Å². The molecule has 1 aliphatic heterocycles. The number of nitrogens with one attached hydrogen (secondary N) is 1. The molecule has 27 heavy (non-hydrogen) atoms. The van der Waals surface area contributed by atoms with Crippen LogP contribution in [0.25, 0.3) is 10.9 Å². The first-order chi connectivity index (χ1) is 13.1. The van der Waals surface area contributed by atoms with Crippen molar-refractivity contribution >= 4 is 22.6 Å². The SMILES string of the molecule is CC(=O)N[C@@H](C)c1ccc(OC2CN(c3ccc4ccccc4n3)C2)cc1. The van der Waals surface area contributed by atoms with E-state index in [0.29, 0.717) is 0 Å². The van der Waals surface area contributed by atoms with Gasteiger partial charge in [0.2, 0.25) is 5.91 Å². The highest BCUT2D eigenvalue weighted by Gasteiger charge is 2.29. The number of amides is 1. The molecule has 0 unspecified atom stereocenters. The van der Waals surface area contributed by atoms with Crippen LogP contribution in [0, 0.1) is 0 Å². The Balaban J connectivity index is 1.33. The van der Waals surface area contributed by atoms with Crippen LogP contribution in [-0.4, -0.2) is 30.1 Å². The zero-order chi connectivity index (χ0) is 18.8. The number of nitrogens with zero attached hydrogens (tertiary/aromatic N) is 2. The van der Waals surface area contributed by atoms with Crippen LogP contribution in [0.15, 0.2) is 60.7 Å². The third kappa shape index (κ3) is 3.87. The summed E-state index contributed by atoms with van der Waals surface area (Å²) < 4.78 is 6.05. The molecule has 1 atom stereocenters. The van der Waals surface area contributed by atoms with Crippen molar-refractivity contribution < 1.29 is 9.53 Å². The van der Waals surface area contributed by atoms with E-state index in [4.69, 9.17) is 9.72 Å². The lowest BCUT2D eigenvalue weighted by Crippen LogP contribution is -2.54. The number of benzene rings is 2. The lowest BCUT2D eigenvalue weighted by Gasteiger charge is -2.39. The number of carbonyl (C=O) groups is 1. The quantitative estimate of drug-likeness (QED) is 0.753. The highest BCUT2D eigenvalue weighted by Crippen LogP contribution is 2.25. The van der Waals surface area contributed by atoms with Gasteiger partial charge in [-0.3, -0.25) is 4.79 Å². The molecule has 1 fully saturated rings. The Morgan fingerprint density at radius 3 is 2.59 bits per heavy atom. The van der Waals surface area contributed by atoms with Crippen molar-refractivity contribution in [3.05, 3.63) is 66.2 Å². The van der Waals surface area contributed by atoms with E-state index in [-0.39, 0.29) is 18.1 Å². The van der Waals surface area contributed by atoms with Gasteiger partial charge in [0.05, 0.1) is 24.6 Å². The summed E-state index contributed by atoms with van der Waals surface area (Å²) in [5.41, 5.74) is 2.08. The Bertz CT molecular complexity index is 949. The van der Waals surface area contributed by atoms with Crippen LogP contribution < -0.4 is 15.0 Å². The molecule has 5 heteroatoms. The minimum atomic E-state index is -0.0281. The molecular formula is C22H23N3O2. The predicted molar refractivity (Wildman–Crippen MR) is 107 cm³/mol. The fourth-order valence-electron chi connectivity index (χ4n) is 3.35. The third-order valence-electron chi connectivity index (χ3n) is 4.86. The van der Waals surface area contributed by atoms with Crippen molar-refractivity contribution in [1.29, 1.82) is 0 Å². The van der Waals surface area contributed by atoms with Crippen LogP contribution in [0.3, 0.4) is 0 Å². The lowest BCUT2D eigenvalue weighted by molar-refractivity contribution is -0.119. The smallest absolute Gasteiger partial charge is 0.217 e. The van der Waals surface area contributed by atoms with Gasteiger partial charge < -0.3 is 15.0 Å². The monoisotopic (exact) mass is 361 g/mol. The first-order valence-corrected chi connectivity index (χ1v) is 9.23. The Labute approximate surface area is 159 Å². The maximum Gasteiger partial charge on any atom is 0.217 e. The first-order valence-electron chi connectivity index (χ1n) is 9.23. The molecule has 5 nitrogen and oxygen atoms in total.